The van der Waals surface area contributed by atoms with Crippen molar-refractivity contribution in [1.29, 1.82) is 0 Å². The van der Waals surface area contributed by atoms with Gasteiger partial charge in [-0.2, -0.15) is 0 Å². The van der Waals surface area contributed by atoms with Gasteiger partial charge < -0.3 is 100 Å². The maximum absolute atomic E-state index is 13.8. The molecule has 0 bridgehead atoms. The molecule has 0 radical (unpaired) electrons. The number of ether oxygens (including phenoxy) is 6. The van der Waals surface area contributed by atoms with Gasteiger partial charge in [-0.25, -0.2) is 0 Å². The van der Waals surface area contributed by atoms with Gasteiger partial charge in [0.15, 0.2) is 18.9 Å². The van der Waals surface area contributed by atoms with Crippen LogP contribution in [0.3, 0.4) is 0 Å². The van der Waals surface area contributed by atoms with Gasteiger partial charge in [-0.1, -0.05) is 245 Å². The van der Waals surface area contributed by atoms with Crippen LogP contribution in [0.15, 0.2) is 0 Å². The van der Waals surface area contributed by atoms with E-state index in [2.05, 4.69) is 24.5 Å². The van der Waals surface area contributed by atoms with Gasteiger partial charge in [0.25, 0.3) is 0 Å². The molecular formula is C66H126N2O20. The molecule has 3 heterocycles. The zero-order chi connectivity index (χ0) is 64.5. The number of hydrogen-bond acceptors (Lipinski definition) is 20. The fraction of sp³-hybridized carbons (Fsp3) is 0.970. The smallest absolute Gasteiger partial charge is 0.249 e. The summed E-state index contributed by atoms with van der Waals surface area (Å²) in [6, 6.07) is -3.01. The molecule has 14 N–H and O–H groups in total. The number of nitrogens with one attached hydrogen (secondary N) is 2. The molecule has 0 unspecified atom stereocenters. The van der Waals surface area contributed by atoms with Crippen molar-refractivity contribution in [1.82, 2.24) is 10.6 Å². The molecule has 3 rings (SSSR count). The third kappa shape index (κ3) is 31.0. The second-order valence-corrected chi connectivity index (χ2v) is 25.7. The Bertz CT molecular complexity index is 1710. The quantitative estimate of drug-likeness (QED) is 0.0309. The first-order chi connectivity index (χ1) is 42.5. The lowest BCUT2D eigenvalue weighted by Gasteiger charge is -2.49. The van der Waals surface area contributed by atoms with Crippen molar-refractivity contribution in [3.8, 4) is 0 Å². The predicted octanol–water partition coefficient (Wildman–Crippen LogP) is 6.03. The maximum Gasteiger partial charge on any atom is 0.249 e. The molecule has 0 spiro atoms. The maximum atomic E-state index is 13.8. The van der Waals surface area contributed by atoms with Gasteiger partial charge in [0, 0.05) is 6.92 Å². The van der Waals surface area contributed by atoms with Crippen LogP contribution in [0.4, 0.5) is 0 Å². The minimum Gasteiger partial charge on any atom is -0.394 e. The lowest BCUT2D eigenvalue weighted by atomic mass is 9.95. The van der Waals surface area contributed by atoms with Crippen molar-refractivity contribution in [3.63, 3.8) is 0 Å². The molecule has 3 saturated heterocycles. The van der Waals surface area contributed by atoms with Crippen molar-refractivity contribution in [2.24, 2.45) is 0 Å². The average Bonchev–Trinajstić information content (AvgIpc) is 1.03. The lowest BCUT2D eigenvalue weighted by molar-refractivity contribution is -0.387. The third-order valence-electron chi connectivity index (χ3n) is 18.0. The first-order valence-corrected chi connectivity index (χ1v) is 35.0. The second kappa shape index (κ2) is 48.9. The highest BCUT2D eigenvalue weighted by Gasteiger charge is 2.55. The zero-order valence-corrected chi connectivity index (χ0v) is 54.3. The Morgan fingerprint density at radius 2 is 0.773 bits per heavy atom. The molecule has 22 heteroatoms. The molecule has 3 aliphatic rings. The first kappa shape index (κ1) is 80.5. The Labute approximate surface area is 527 Å². The lowest BCUT2D eigenvalue weighted by Crippen LogP contribution is -2.69. The zero-order valence-electron chi connectivity index (χ0n) is 54.3. The number of aliphatic hydroxyl groups excluding tert-OH is 12. The predicted molar refractivity (Wildman–Crippen MR) is 333 cm³/mol. The highest BCUT2D eigenvalue weighted by molar-refractivity contribution is 5.80. The van der Waals surface area contributed by atoms with Crippen molar-refractivity contribution in [3.05, 3.63) is 0 Å². The Hall–Kier alpha value is -1.78. The van der Waals surface area contributed by atoms with E-state index in [1.165, 1.54) is 161 Å². The van der Waals surface area contributed by atoms with Crippen LogP contribution in [-0.4, -0.2) is 216 Å². The van der Waals surface area contributed by atoms with E-state index < -0.39 is 155 Å². The van der Waals surface area contributed by atoms with Crippen LogP contribution >= 0.6 is 0 Å². The largest absolute Gasteiger partial charge is 0.394 e. The Morgan fingerprint density at radius 1 is 0.420 bits per heavy atom. The first-order valence-electron chi connectivity index (χ1n) is 35.0. The summed E-state index contributed by atoms with van der Waals surface area (Å²) in [4.78, 5) is 26.2. The van der Waals surface area contributed by atoms with E-state index in [0.29, 0.717) is 12.8 Å². The number of rotatable bonds is 53. The summed E-state index contributed by atoms with van der Waals surface area (Å²) < 4.78 is 36.1. The van der Waals surface area contributed by atoms with E-state index in [9.17, 15) is 70.9 Å². The monoisotopic (exact) mass is 1270 g/mol. The number of amides is 2. The summed E-state index contributed by atoms with van der Waals surface area (Å²) in [5.74, 6) is -1.55. The van der Waals surface area contributed by atoms with Crippen molar-refractivity contribution < 1.29 is 99.3 Å². The Balaban J connectivity index is 1.68. The second-order valence-electron chi connectivity index (χ2n) is 25.7. The average molecular weight is 1270 g/mol. The molecule has 88 heavy (non-hydrogen) atoms. The van der Waals surface area contributed by atoms with Gasteiger partial charge in [-0.3, -0.25) is 9.59 Å². The van der Waals surface area contributed by atoms with E-state index in [0.717, 1.165) is 64.7 Å². The van der Waals surface area contributed by atoms with E-state index in [4.69, 9.17) is 28.4 Å². The Morgan fingerprint density at radius 3 is 1.18 bits per heavy atom. The van der Waals surface area contributed by atoms with Crippen LogP contribution in [0.25, 0.3) is 0 Å². The summed E-state index contributed by atoms with van der Waals surface area (Å²) >= 11 is 0. The number of carbonyl (C=O) groups is 2. The highest BCUT2D eigenvalue weighted by atomic mass is 16.8. The molecule has 2 amide bonds. The standard InChI is InChI=1S/C66H126N2O20/c1-4-6-8-10-12-14-16-18-20-21-22-23-24-25-27-29-31-33-35-37-39-41-49(74)63(82)68-47(54(75)48(73)40-38-36-34-32-30-28-26-19-17-15-13-11-9-7-5-2)45-83-66-62(88-65-60(81)59(80)56(77)51(43-70)85-65)61(57(78)52(44-71)86-66)87-64-53(67-46(3)72)58(79)55(76)50(42-69)84-64/h47-62,64-66,69-71,73-81H,4-45H2,1-3H3,(H,67,72)(H,68,82)/t47-,48+,49+,50+,51+,52+,53+,54-,55-,56+,57-,58+,59-,60+,61-,62+,64+,65+,66-/m0/s1. The third-order valence-corrected chi connectivity index (χ3v) is 18.0. The van der Waals surface area contributed by atoms with Crippen molar-refractivity contribution in [2.75, 3.05) is 26.4 Å². The number of carbonyl (C=O) groups excluding carboxylic acids is 2. The summed E-state index contributed by atoms with van der Waals surface area (Å²) in [7, 11) is 0. The molecule has 0 aromatic carbocycles. The highest BCUT2D eigenvalue weighted by Crippen LogP contribution is 2.35. The molecule has 0 aromatic heterocycles. The molecular weight excluding hydrogens is 1140 g/mol. The fourth-order valence-electron chi connectivity index (χ4n) is 12.3. The van der Waals surface area contributed by atoms with Crippen molar-refractivity contribution in [2.45, 2.75) is 381 Å². The molecule has 0 saturated carbocycles. The summed E-state index contributed by atoms with van der Waals surface area (Å²) in [5.41, 5.74) is 0. The number of hydrogen-bond donors (Lipinski definition) is 14. The van der Waals surface area contributed by atoms with E-state index in [1.54, 1.807) is 0 Å². The fourth-order valence-corrected chi connectivity index (χ4v) is 12.3. The van der Waals surface area contributed by atoms with Gasteiger partial charge in [-0.05, 0) is 12.8 Å². The van der Waals surface area contributed by atoms with Gasteiger partial charge in [0.05, 0.1) is 38.6 Å². The van der Waals surface area contributed by atoms with E-state index in [-0.39, 0.29) is 12.8 Å². The van der Waals surface area contributed by atoms with Gasteiger partial charge in [0.1, 0.15) is 85.4 Å². The molecule has 0 aromatic rings. The molecule has 22 nitrogen and oxygen atoms in total. The summed E-state index contributed by atoms with van der Waals surface area (Å²) in [6.07, 6.45) is 13.3. The Kier molecular flexibility index (Phi) is 44.7. The van der Waals surface area contributed by atoms with Gasteiger partial charge in [0.2, 0.25) is 11.8 Å². The molecule has 0 aliphatic carbocycles. The number of unbranched alkanes of at least 4 members (excludes halogenated alkanes) is 34. The minimum atomic E-state index is -2.03. The number of aliphatic hydroxyl groups is 12. The molecule has 19 atom stereocenters. The molecule has 3 aliphatic heterocycles. The van der Waals surface area contributed by atoms with Crippen LogP contribution in [0.1, 0.15) is 265 Å². The van der Waals surface area contributed by atoms with E-state index >= 15 is 0 Å². The summed E-state index contributed by atoms with van der Waals surface area (Å²) in [5, 5.41) is 136. The van der Waals surface area contributed by atoms with Crippen LogP contribution < -0.4 is 10.6 Å². The van der Waals surface area contributed by atoms with Crippen LogP contribution in [0.2, 0.25) is 0 Å². The molecule has 3 fully saturated rings. The van der Waals surface area contributed by atoms with Crippen molar-refractivity contribution >= 4 is 11.8 Å². The van der Waals surface area contributed by atoms with E-state index in [1.807, 2.05) is 0 Å². The molecule has 520 valence electrons. The van der Waals surface area contributed by atoms with Gasteiger partial charge >= 0.3 is 0 Å². The topological polar surface area (TPSA) is 356 Å². The normalized spacial score (nSPS) is 29.0. The van der Waals surface area contributed by atoms with Crippen LogP contribution in [-0.2, 0) is 38.0 Å². The minimum absolute atomic E-state index is 0.123. The van der Waals surface area contributed by atoms with Crippen LogP contribution in [0, 0.1) is 0 Å². The van der Waals surface area contributed by atoms with Crippen LogP contribution in [0.5, 0.6) is 0 Å². The summed E-state index contributed by atoms with van der Waals surface area (Å²) in [6.45, 7) is 2.30. The van der Waals surface area contributed by atoms with Gasteiger partial charge in [-0.15, -0.1) is 0 Å². The SMILES string of the molecule is CCCCCCCCCCCCCCCCCCCCCCC[C@@H](O)C(=O)N[C@@H](CO[C@H]1O[C@H](CO)[C@H](O)[C@H](O[C@H]2O[C@H](CO)[C@H](O)[C@H](O)[C@H]2NC(C)=O)[C@H]1O[C@H]1O[C@H](CO)[C@@H](O)[C@H](O)[C@H]1O)[C@H](O)[C@H](O)CCCCCCCCCCCCCCCCC.